The van der Waals surface area contributed by atoms with E-state index in [2.05, 4.69) is 13.8 Å². The predicted octanol–water partition coefficient (Wildman–Crippen LogP) is 30.7. The first-order valence-electron chi connectivity index (χ1n) is 44.4. The molecule has 6 nitrogen and oxygen atoms in total. The van der Waals surface area contributed by atoms with Gasteiger partial charge in [0.15, 0.2) is 0 Å². The lowest BCUT2D eigenvalue weighted by Gasteiger charge is -2.29. The van der Waals surface area contributed by atoms with Crippen molar-refractivity contribution < 1.29 is 28.6 Å². The van der Waals surface area contributed by atoms with Gasteiger partial charge in [0, 0.05) is 12.8 Å². The molecule has 95 heavy (non-hydrogen) atoms. The lowest BCUT2D eigenvalue weighted by molar-refractivity contribution is -0.163. The average Bonchev–Trinajstić information content (AvgIpc) is 1.21. The Morgan fingerprint density at radius 2 is 0.389 bits per heavy atom. The molecule has 1 aliphatic carbocycles. The number of esters is 3. The lowest BCUT2D eigenvalue weighted by atomic mass is 9.92. The van der Waals surface area contributed by atoms with Crippen LogP contribution in [0.5, 0.6) is 0 Å². The van der Waals surface area contributed by atoms with Crippen molar-refractivity contribution in [1.29, 1.82) is 0 Å². The predicted molar refractivity (Wildman–Crippen MR) is 416 cm³/mol. The van der Waals surface area contributed by atoms with Crippen LogP contribution in [0.25, 0.3) is 0 Å². The highest BCUT2D eigenvalue weighted by molar-refractivity contribution is 5.72. The monoisotopic (exact) mass is 1340 g/mol. The van der Waals surface area contributed by atoms with Crippen molar-refractivity contribution in [2.45, 2.75) is 522 Å². The molecule has 0 atom stereocenters. The van der Waals surface area contributed by atoms with Gasteiger partial charge in [0.25, 0.3) is 0 Å². The van der Waals surface area contributed by atoms with Gasteiger partial charge in [-0.15, -0.1) is 0 Å². The second kappa shape index (κ2) is 76.6. The van der Waals surface area contributed by atoms with Crippen LogP contribution in [0.4, 0.5) is 0 Å². The van der Waals surface area contributed by atoms with Crippen LogP contribution in [-0.2, 0) is 28.6 Å². The molecular formula is C89H172O6. The first kappa shape index (κ1) is 91.4. The zero-order valence-electron chi connectivity index (χ0n) is 65.3. The molecule has 0 spiro atoms. The van der Waals surface area contributed by atoms with Crippen LogP contribution in [0, 0.1) is 11.3 Å². The Balaban J connectivity index is 2.50. The molecule has 1 rings (SSSR count). The van der Waals surface area contributed by atoms with E-state index in [1.54, 1.807) is 0 Å². The number of unbranched alkanes of at least 4 members (excludes halogenated alkanes) is 48. The zero-order valence-corrected chi connectivity index (χ0v) is 65.3. The Kier molecular flexibility index (Phi) is 73.7. The maximum Gasteiger partial charge on any atom is 0.308 e. The minimum Gasteiger partial charge on any atom is -0.465 e. The van der Waals surface area contributed by atoms with Crippen LogP contribution < -0.4 is 0 Å². The summed E-state index contributed by atoms with van der Waals surface area (Å²) in [6, 6.07) is 0. The molecule has 0 aromatic heterocycles. The second-order valence-electron chi connectivity index (χ2n) is 32.0. The molecule has 6 heteroatoms. The molecular weight excluding hydrogens is 1160 g/mol. The van der Waals surface area contributed by atoms with E-state index in [1.165, 1.54) is 424 Å². The Hall–Kier alpha value is -1.59. The van der Waals surface area contributed by atoms with Crippen molar-refractivity contribution in [2.75, 3.05) is 19.8 Å². The number of rotatable bonds is 59. The molecule has 0 N–H and O–H groups in total. The van der Waals surface area contributed by atoms with E-state index >= 15 is 0 Å². The zero-order chi connectivity index (χ0) is 68.2. The van der Waals surface area contributed by atoms with E-state index in [0.29, 0.717) is 12.8 Å². The molecule has 0 radical (unpaired) electrons. The van der Waals surface area contributed by atoms with Crippen molar-refractivity contribution in [3.8, 4) is 0 Å². The van der Waals surface area contributed by atoms with Crippen molar-refractivity contribution >= 4 is 17.9 Å². The molecule has 1 saturated carbocycles. The summed E-state index contributed by atoms with van der Waals surface area (Å²) in [5.41, 5.74) is -0.806. The summed E-state index contributed by atoms with van der Waals surface area (Å²) in [5, 5.41) is 0. The molecule has 564 valence electrons. The Bertz CT molecular complexity index is 1430. The molecule has 1 fully saturated rings. The molecule has 0 aromatic rings. The first-order valence-corrected chi connectivity index (χ1v) is 44.4. The highest BCUT2D eigenvalue weighted by atomic mass is 16.6. The van der Waals surface area contributed by atoms with Crippen LogP contribution in [0.15, 0.2) is 0 Å². The fourth-order valence-corrected chi connectivity index (χ4v) is 15.0. The number of ether oxygens (including phenoxy) is 3. The molecule has 0 bridgehead atoms. The maximum absolute atomic E-state index is 14.1. The van der Waals surface area contributed by atoms with Gasteiger partial charge >= 0.3 is 17.9 Å². The average molecular weight is 1340 g/mol. The number of hydrogen-bond acceptors (Lipinski definition) is 6. The fraction of sp³-hybridized carbons (Fsp3) is 0.966. The molecule has 0 saturated heterocycles. The third-order valence-corrected chi connectivity index (χ3v) is 21.9. The minimum atomic E-state index is -0.806. The van der Waals surface area contributed by atoms with Gasteiger partial charge in [-0.3, -0.25) is 14.4 Å². The third kappa shape index (κ3) is 70.6. The summed E-state index contributed by atoms with van der Waals surface area (Å²) in [6.07, 6.45) is 102. The standard InChI is InChI=1S/C89H172O6/c1-4-6-8-10-12-14-16-18-20-22-24-26-28-30-36-40-44-48-52-56-60-64-68-72-76-80-86(90)93-82-89(3,83-94-87(91)81-77-73-69-65-61-57-53-49-45-41-37-31-29-27-25-23-21-19-17-15-13-11-9-7-5-2)84-95-88(92)85-78-74-70-66-62-58-54-50-46-42-38-34-32-33-35-39-43-47-51-55-59-63-67-71-75-79-85/h85H,4-84H2,1-3H3. The summed E-state index contributed by atoms with van der Waals surface area (Å²) < 4.78 is 18.2. The number of hydrogen-bond donors (Lipinski definition) is 0. The summed E-state index contributed by atoms with van der Waals surface area (Å²) >= 11 is 0. The molecule has 0 unspecified atom stereocenters. The Morgan fingerprint density at radius 1 is 0.232 bits per heavy atom. The van der Waals surface area contributed by atoms with E-state index < -0.39 is 5.41 Å². The highest BCUT2D eigenvalue weighted by Crippen LogP contribution is 2.27. The summed E-state index contributed by atoms with van der Waals surface area (Å²) in [5.74, 6) is -0.643. The van der Waals surface area contributed by atoms with Crippen LogP contribution in [0.3, 0.4) is 0 Å². The Morgan fingerprint density at radius 3 is 0.579 bits per heavy atom. The van der Waals surface area contributed by atoms with Crippen molar-refractivity contribution in [1.82, 2.24) is 0 Å². The SMILES string of the molecule is CCCCCCCCCCCCCCCCCCCCCCCCCCCC(=O)OCC(C)(COC(=O)CCCCCCCCCCCCCCCCCCCCCCCCCCC)COC(=O)C1CCCCCCCCCCCCCCCCCCCCCCCCCC1. The van der Waals surface area contributed by atoms with Gasteiger partial charge in [-0.1, -0.05) is 476 Å². The largest absolute Gasteiger partial charge is 0.465 e. The van der Waals surface area contributed by atoms with E-state index in [1.807, 2.05) is 6.92 Å². The first-order chi connectivity index (χ1) is 46.9. The third-order valence-electron chi connectivity index (χ3n) is 21.9. The van der Waals surface area contributed by atoms with Gasteiger partial charge in [-0.05, 0) is 32.6 Å². The topological polar surface area (TPSA) is 78.9 Å². The van der Waals surface area contributed by atoms with Gasteiger partial charge in [0.1, 0.15) is 19.8 Å². The van der Waals surface area contributed by atoms with Crippen molar-refractivity contribution in [3.63, 3.8) is 0 Å². The summed E-state index contributed by atoms with van der Waals surface area (Å²) in [6.45, 7) is 6.82. The van der Waals surface area contributed by atoms with E-state index in [4.69, 9.17) is 14.2 Å². The number of carbonyl (C=O) groups excluding carboxylic acids is 3. The molecule has 0 amide bonds. The minimum absolute atomic E-state index is 0.0794. The fourth-order valence-electron chi connectivity index (χ4n) is 15.0. The van der Waals surface area contributed by atoms with Gasteiger partial charge < -0.3 is 14.2 Å². The molecule has 0 heterocycles. The van der Waals surface area contributed by atoms with Gasteiger partial charge in [0.2, 0.25) is 0 Å². The second-order valence-corrected chi connectivity index (χ2v) is 32.0. The van der Waals surface area contributed by atoms with E-state index in [0.717, 1.165) is 64.2 Å². The lowest BCUT2D eigenvalue weighted by Crippen LogP contribution is -2.37. The van der Waals surface area contributed by atoms with Crippen molar-refractivity contribution in [3.05, 3.63) is 0 Å². The van der Waals surface area contributed by atoms with Crippen LogP contribution in [0.2, 0.25) is 0 Å². The molecule has 0 aromatic carbocycles. The van der Waals surface area contributed by atoms with E-state index in [9.17, 15) is 14.4 Å². The van der Waals surface area contributed by atoms with E-state index in [-0.39, 0.29) is 43.6 Å². The highest BCUT2D eigenvalue weighted by Gasteiger charge is 2.32. The van der Waals surface area contributed by atoms with Crippen LogP contribution in [0.1, 0.15) is 522 Å². The van der Waals surface area contributed by atoms with Crippen LogP contribution in [-0.4, -0.2) is 37.7 Å². The van der Waals surface area contributed by atoms with Gasteiger partial charge in [0.05, 0.1) is 11.3 Å². The Labute approximate surface area is 596 Å². The van der Waals surface area contributed by atoms with Gasteiger partial charge in [-0.2, -0.15) is 0 Å². The smallest absolute Gasteiger partial charge is 0.308 e. The number of carbonyl (C=O) groups is 3. The van der Waals surface area contributed by atoms with Crippen molar-refractivity contribution in [2.24, 2.45) is 11.3 Å². The summed E-state index contributed by atoms with van der Waals surface area (Å²) in [7, 11) is 0. The normalized spacial score (nSPS) is 15.6. The quantitative estimate of drug-likeness (QED) is 0.0343. The molecule has 0 aliphatic heterocycles. The summed E-state index contributed by atoms with van der Waals surface area (Å²) in [4.78, 5) is 40.6. The maximum atomic E-state index is 14.1. The molecule has 1 aliphatic rings. The van der Waals surface area contributed by atoms with Crippen LogP contribution >= 0.6 is 0 Å². The van der Waals surface area contributed by atoms with Gasteiger partial charge in [-0.25, -0.2) is 0 Å².